The number of hydrogen-bond donors (Lipinski definition) is 1. The molecule has 5 nitrogen and oxygen atoms in total. The molecule has 0 saturated carbocycles. The summed E-state index contributed by atoms with van der Waals surface area (Å²) in [5, 5.41) is 3.41. The number of anilines is 2. The number of nitrogens with one attached hydrogen (secondary N) is 1. The van der Waals surface area contributed by atoms with Crippen LogP contribution in [0.2, 0.25) is 5.02 Å². The lowest BCUT2D eigenvalue weighted by molar-refractivity contribution is 0.102. The van der Waals surface area contributed by atoms with Gasteiger partial charge in [0.1, 0.15) is 12.4 Å². The van der Waals surface area contributed by atoms with Gasteiger partial charge < -0.3 is 19.7 Å². The topological polar surface area (TPSA) is 50.8 Å². The molecule has 1 heterocycles. The van der Waals surface area contributed by atoms with Crippen LogP contribution in [0.15, 0.2) is 72.8 Å². The number of amides is 1. The maximum Gasteiger partial charge on any atom is 0.259 e. The highest BCUT2D eigenvalue weighted by Gasteiger charge is 2.15. The lowest BCUT2D eigenvalue weighted by Gasteiger charge is -2.28. The number of carbonyl (C=O) groups is 1. The lowest BCUT2D eigenvalue weighted by Crippen LogP contribution is -2.36. The average Bonchev–Trinajstić information content (AvgIpc) is 2.80. The second-order valence-electron chi connectivity index (χ2n) is 7.02. The fourth-order valence-corrected chi connectivity index (χ4v) is 3.49. The van der Waals surface area contributed by atoms with Crippen molar-refractivity contribution < 1.29 is 14.3 Å². The van der Waals surface area contributed by atoms with Gasteiger partial charge in [0.15, 0.2) is 0 Å². The first-order chi connectivity index (χ1) is 14.7. The zero-order valence-corrected chi connectivity index (χ0v) is 17.3. The van der Waals surface area contributed by atoms with E-state index in [2.05, 4.69) is 10.2 Å². The molecule has 6 heteroatoms. The van der Waals surface area contributed by atoms with Gasteiger partial charge in [-0.3, -0.25) is 4.79 Å². The second-order valence-corrected chi connectivity index (χ2v) is 7.45. The van der Waals surface area contributed by atoms with Crippen molar-refractivity contribution >= 4 is 28.9 Å². The predicted octanol–water partition coefficient (Wildman–Crippen LogP) is 5.01. The maximum absolute atomic E-state index is 12.9. The Labute approximate surface area is 181 Å². The summed E-state index contributed by atoms with van der Waals surface area (Å²) >= 11 is 6.14. The van der Waals surface area contributed by atoms with Crippen molar-refractivity contribution in [2.24, 2.45) is 0 Å². The molecule has 1 amide bonds. The highest BCUT2D eigenvalue weighted by Crippen LogP contribution is 2.26. The summed E-state index contributed by atoms with van der Waals surface area (Å²) in [5.74, 6) is 0.227. The van der Waals surface area contributed by atoms with Gasteiger partial charge in [-0.2, -0.15) is 0 Å². The third-order valence-corrected chi connectivity index (χ3v) is 5.16. The Morgan fingerprint density at radius 1 is 1.00 bits per heavy atom. The average molecular weight is 423 g/mol. The van der Waals surface area contributed by atoms with Crippen LogP contribution in [0.4, 0.5) is 11.4 Å². The van der Waals surface area contributed by atoms with E-state index in [1.165, 1.54) is 0 Å². The zero-order chi connectivity index (χ0) is 20.8. The van der Waals surface area contributed by atoms with E-state index in [1.807, 2.05) is 54.6 Å². The first-order valence-electron chi connectivity index (χ1n) is 9.89. The summed E-state index contributed by atoms with van der Waals surface area (Å²) in [7, 11) is 0. The van der Waals surface area contributed by atoms with Crippen LogP contribution in [0.25, 0.3) is 0 Å². The summed E-state index contributed by atoms with van der Waals surface area (Å²) in [5.41, 5.74) is 3.25. The van der Waals surface area contributed by atoms with Crippen molar-refractivity contribution in [3.63, 3.8) is 0 Å². The molecule has 0 bridgehead atoms. The molecule has 3 aromatic carbocycles. The Balaban J connectivity index is 1.45. The fraction of sp³-hybridized carbons (Fsp3) is 0.208. The largest absolute Gasteiger partial charge is 0.488 e. The van der Waals surface area contributed by atoms with Gasteiger partial charge in [0.2, 0.25) is 0 Å². The third-order valence-electron chi connectivity index (χ3n) is 4.92. The Kier molecular flexibility index (Phi) is 6.52. The quantitative estimate of drug-likeness (QED) is 0.606. The van der Waals surface area contributed by atoms with Crippen LogP contribution in [0.1, 0.15) is 15.9 Å². The van der Waals surface area contributed by atoms with Gasteiger partial charge in [-0.1, -0.05) is 41.9 Å². The van der Waals surface area contributed by atoms with Gasteiger partial charge in [-0.25, -0.2) is 0 Å². The number of benzene rings is 3. The highest BCUT2D eigenvalue weighted by atomic mass is 35.5. The summed E-state index contributed by atoms with van der Waals surface area (Å²) in [6, 6.07) is 22.7. The van der Waals surface area contributed by atoms with E-state index in [0.717, 1.165) is 37.6 Å². The van der Waals surface area contributed by atoms with Crippen molar-refractivity contribution in [1.82, 2.24) is 0 Å². The molecule has 0 spiro atoms. The van der Waals surface area contributed by atoms with E-state index in [9.17, 15) is 4.79 Å². The molecule has 30 heavy (non-hydrogen) atoms. The SMILES string of the molecule is O=C(Nc1ccc(N2CCOCC2)cc1)c1cc(Cl)ccc1OCc1ccccc1. The van der Waals surface area contributed by atoms with Gasteiger partial charge in [0, 0.05) is 29.5 Å². The number of ether oxygens (including phenoxy) is 2. The van der Waals surface area contributed by atoms with Gasteiger partial charge in [-0.15, -0.1) is 0 Å². The number of halogens is 1. The molecule has 0 radical (unpaired) electrons. The van der Waals surface area contributed by atoms with E-state index in [0.29, 0.717) is 28.6 Å². The maximum atomic E-state index is 12.9. The number of nitrogens with zero attached hydrogens (tertiary/aromatic N) is 1. The number of hydrogen-bond acceptors (Lipinski definition) is 4. The minimum Gasteiger partial charge on any atom is -0.488 e. The van der Waals surface area contributed by atoms with Crippen LogP contribution in [-0.2, 0) is 11.3 Å². The molecule has 0 aliphatic carbocycles. The van der Waals surface area contributed by atoms with Crippen LogP contribution in [0.3, 0.4) is 0 Å². The number of rotatable bonds is 6. The summed E-state index contributed by atoms with van der Waals surface area (Å²) < 4.78 is 11.3. The Hall–Kier alpha value is -3.02. The van der Waals surface area contributed by atoms with Crippen LogP contribution >= 0.6 is 11.6 Å². The van der Waals surface area contributed by atoms with Crippen LogP contribution in [0, 0.1) is 0 Å². The molecule has 0 atom stereocenters. The van der Waals surface area contributed by atoms with E-state index in [1.54, 1.807) is 18.2 Å². The van der Waals surface area contributed by atoms with Crippen molar-refractivity contribution in [2.45, 2.75) is 6.61 Å². The monoisotopic (exact) mass is 422 g/mol. The van der Waals surface area contributed by atoms with E-state index >= 15 is 0 Å². The summed E-state index contributed by atoms with van der Waals surface area (Å²) in [6.07, 6.45) is 0. The smallest absolute Gasteiger partial charge is 0.259 e. The molecule has 4 rings (SSSR count). The summed E-state index contributed by atoms with van der Waals surface area (Å²) in [6.45, 7) is 3.59. The molecule has 1 N–H and O–H groups in total. The zero-order valence-electron chi connectivity index (χ0n) is 16.5. The van der Waals surface area contributed by atoms with Crippen molar-refractivity contribution in [1.29, 1.82) is 0 Å². The minimum absolute atomic E-state index is 0.264. The minimum atomic E-state index is -0.264. The predicted molar refractivity (Wildman–Crippen MR) is 120 cm³/mol. The molecule has 154 valence electrons. The molecule has 0 unspecified atom stereocenters. The van der Waals surface area contributed by atoms with Gasteiger partial charge >= 0.3 is 0 Å². The fourth-order valence-electron chi connectivity index (χ4n) is 3.32. The van der Waals surface area contributed by atoms with Crippen LogP contribution < -0.4 is 15.0 Å². The van der Waals surface area contributed by atoms with E-state index in [4.69, 9.17) is 21.1 Å². The van der Waals surface area contributed by atoms with E-state index < -0.39 is 0 Å². The van der Waals surface area contributed by atoms with Crippen molar-refractivity contribution in [2.75, 3.05) is 36.5 Å². The molecule has 1 aliphatic rings. The highest BCUT2D eigenvalue weighted by molar-refractivity contribution is 6.31. The summed E-state index contributed by atoms with van der Waals surface area (Å²) in [4.78, 5) is 15.2. The molecule has 3 aromatic rings. The first-order valence-corrected chi connectivity index (χ1v) is 10.3. The molecule has 1 saturated heterocycles. The van der Waals surface area contributed by atoms with Crippen LogP contribution in [0.5, 0.6) is 5.75 Å². The Bertz CT molecular complexity index is 987. The Morgan fingerprint density at radius 3 is 2.47 bits per heavy atom. The molecular formula is C24H23ClN2O3. The second kappa shape index (κ2) is 9.65. The molecule has 0 aromatic heterocycles. The van der Waals surface area contributed by atoms with Gasteiger partial charge in [-0.05, 0) is 48.0 Å². The van der Waals surface area contributed by atoms with Gasteiger partial charge in [0.25, 0.3) is 5.91 Å². The van der Waals surface area contributed by atoms with E-state index in [-0.39, 0.29) is 5.91 Å². The lowest BCUT2D eigenvalue weighted by atomic mass is 10.1. The first kappa shape index (κ1) is 20.3. The number of carbonyl (C=O) groups excluding carboxylic acids is 1. The standard InChI is InChI=1S/C24H23ClN2O3/c25-19-6-11-23(30-17-18-4-2-1-3-5-18)22(16-19)24(28)26-20-7-9-21(10-8-20)27-12-14-29-15-13-27/h1-11,16H,12-15,17H2,(H,26,28). The molecular weight excluding hydrogens is 400 g/mol. The number of morpholine rings is 1. The molecule has 1 aliphatic heterocycles. The normalized spacial score (nSPS) is 13.7. The van der Waals surface area contributed by atoms with Crippen molar-refractivity contribution in [3.05, 3.63) is 88.9 Å². The Morgan fingerprint density at radius 2 is 1.73 bits per heavy atom. The van der Waals surface area contributed by atoms with Crippen LogP contribution in [-0.4, -0.2) is 32.2 Å². The van der Waals surface area contributed by atoms with Gasteiger partial charge in [0.05, 0.1) is 18.8 Å². The van der Waals surface area contributed by atoms with Crippen molar-refractivity contribution in [3.8, 4) is 5.75 Å². The third kappa shape index (κ3) is 5.12. The molecule has 1 fully saturated rings.